The molecule has 0 atom stereocenters. The van der Waals surface area contributed by atoms with Crippen LogP contribution in [0.2, 0.25) is 0 Å². The zero-order valence-electron chi connectivity index (χ0n) is 11.3. The standard InChI is InChI=1S/C16H17NO3/c1-20-15-9-5-3-6-12(15)10-16(19)17-11-13-7-2-4-8-14(13)18/h2-9,18H,10-11H2,1H3,(H,17,19). The number of aromatic hydroxyl groups is 1. The summed E-state index contributed by atoms with van der Waals surface area (Å²) in [7, 11) is 1.58. The summed E-state index contributed by atoms with van der Waals surface area (Å²) in [5.41, 5.74) is 1.53. The van der Waals surface area contributed by atoms with Gasteiger partial charge in [0.2, 0.25) is 5.91 Å². The van der Waals surface area contributed by atoms with Crippen LogP contribution in [0.25, 0.3) is 0 Å². The summed E-state index contributed by atoms with van der Waals surface area (Å²) < 4.78 is 5.21. The topological polar surface area (TPSA) is 58.6 Å². The van der Waals surface area contributed by atoms with Gasteiger partial charge in [-0.2, -0.15) is 0 Å². The molecule has 0 bridgehead atoms. The number of hydrogen-bond acceptors (Lipinski definition) is 3. The van der Waals surface area contributed by atoms with Crippen LogP contribution in [0.1, 0.15) is 11.1 Å². The molecule has 104 valence electrons. The fourth-order valence-electron chi connectivity index (χ4n) is 1.94. The van der Waals surface area contributed by atoms with Crippen molar-refractivity contribution in [3.63, 3.8) is 0 Å². The first kappa shape index (κ1) is 13.9. The van der Waals surface area contributed by atoms with Gasteiger partial charge in [0.25, 0.3) is 0 Å². The van der Waals surface area contributed by atoms with Crippen LogP contribution in [0.15, 0.2) is 48.5 Å². The highest BCUT2D eigenvalue weighted by molar-refractivity contribution is 5.79. The highest BCUT2D eigenvalue weighted by atomic mass is 16.5. The number of amides is 1. The van der Waals surface area contributed by atoms with Gasteiger partial charge in [-0.05, 0) is 12.1 Å². The Labute approximate surface area is 118 Å². The van der Waals surface area contributed by atoms with E-state index in [-0.39, 0.29) is 18.1 Å². The first-order valence-corrected chi connectivity index (χ1v) is 6.36. The third kappa shape index (κ3) is 3.51. The first-order chi connectivity index (χ1) is 9.70. The lowest BCUT2D eigenvalue weighted by atomic mass is 10.1. The summed E-state index contributed by atoms with van der Waals surface area (Å²) in [4.78, 5) is 11.9. The number of carbonyl (C=O) groups excluding carboxylic acids is 1. The molecule has 0 spiro atoms. The monoisotopic (exact) mass is 271 g/mol. The van der Waals surface area contributed by atoms with E-state index in [1.54, 1.807) is 25.3 Å². The minimum Gasteiger partial charge on any atom is -0.508 e. The van der Waals surface area contributed by atoms with E-state index >= 15 is 0 Å². The summed E-state index contributed by atoms with van der Waals surface area (Å²) in [6, 6.07) is 14.4. The largest absolute Gasteiger partial charge is 0.508 e. The van der Waals surface area contributed by atoms with E-state index in [9.17, 15) is 9.90 Å². The van der Waals surface area contributed by atoms with Gasteiger partial charge >= 0.3 is 0 Å². The average molecular weight is 271 g/mol. The van der Waals surface area contributed by atoms with Gasteiger partial charge in [-0.25, -0.2) is 0 Å². The van der Waals surface area contributed by atoms with Gasteiger partial charge in [-0.3, -0.25) is 4.79 Å². The lowest BCUT2D eigenvalue weighted by Crippen LogP contribution is -2.24. The number of phenolic OH excluding ortho intramolecular Hbond substituents is 1. The van der Waals surface area contributed by atoms with Gasteiger partial charge in [0, 0.05) is 17.7 Å². The lowest BCUT2D eigenvalue weighted by molar-refractivity contribution is -0.120. The van der Waals surface area contributed by atoms with Crippen molar-refractivity contribution in [2.24, 2.45) is 0 Å². The Hall–Kier alpha value is -2.49. The van der Waals surface area contributed by atoms with Crippen molar-refractivity contribution < 1.29 is 14.6 Å². The van der Waals surface area contributed by atoms with E-state index in [2.05, 4.69) is 5.32 Å². The number of methoxy groups -OCH3 is 1. The highest BCUT2D eigenvalue weighted by Gasteiger charge is 2.08. The third-order valence-electron chi connectivity index (χ3n) is 3.01. The van der Waals surface area contributed by atoms with Gasteiger partial charge in [0.05, 0.1) is 13.5 Å². The Morgan fingerprint density at radius 2 is 1.75 bits per heavy atom. The highest BCUT2D eigenvalue weighted by Crippen LogP contribution is 2.18. The van der Waals surface area contributed by atoms with Gasteiger partial charge in [0.1, 0.15) is 11.5 Å². The molecular formula is C16H17NO3. The predicted molar refractivity (Wildman–Crippen MR) is 76.7 cm³/mol. The fraction of sp³-hybridized carbons (Fsp3) is 0.188. The van der Waals surface area contributed by atoms with Crippen molar-refractivity contribution in [2.45, 2.75) is 13.0 Å². The molecule has 0 aromatic heterocycles. The Kier molecular flexibility index (Phi) is 4.60. The maximum absolute atomic E-state index is 11.9. The second-order valence-corrected chi connectivity index (χ2v) is 4.39. The van der Waals surface area contributed by atoms with Crippen LogP contribution in [-0.2, 0) is 17.8 Å². The van der Waals surface area contributed by atoms with Crippen LogP contribution in [0.3, 0.4) is 0 Å². The van der Waals surface area contributed by atoms with E-state index in [1.807, 2.05) is 30.3 Å². The van der Waals surface area contributed by atoms with E-state index in [0.717, 1.165) is 5.56 Å². The molecule has 0 saturated carbocycles. The Bertz CT molecular complexity index is 596. The molecule has 1 amide bonds. The molecule has 2 N–H and O–H groups in total. The van der Waals surface area contributed by atoms with E-state index in [0.29, 0.717) is 17.9 Å². The fourth-order valence-corrected chi connectivity index (χ4v) is 1.94. The molecule has 4 heteroatoms. The second-order valence-electron chi connectivity index (χ2n) is 4.39. The molecule has 0 fully saturated rings. The van der Waals surface area contributed by atoms with Crippen LogP contribution >= 0.6 is 0 Å². The van der Waals surface area contributed by atoms with Crippen molar-refractivity contribution in [1.82, 2.24) is 5.32 Å². The molecular weight excluding hydrogens is 254 g/mol. The molecule has 0 aliphatic rings. The zero-order valence-corrected chi connectivity index (χ0v) is 11.3. The maximum atomic E-state index is 11.9. The minimum absolute atomic E-state index is 0.113. The molecule has 0 heterocycles. The Balaban J connectivity index is 1.95. The Morgan fingerprint density at radius 1 is 1.10 bits per heavy atom. The minimum atomic E-state index is -0.113. The maximum Gasteiger partial charge on any atom is 0.224 e. The summed E-state index contributed by atoms with van der Waals surface area (Å²) in [6.45, 7) is 0.306. The van der Waals surface area contributed by atoms with Crippen LogP contribution in [-0.4, -0.2) is 18.1 Å². The molecule has 0 aliphatic heterocycles. The van der Waals surface area contributed by atoms with Crippen molar-refractivity contribution >= 4 is 5.91 Å². The molecule has 2 aromatic carbocycles. The second kappa shape index (κ2) is 6.61. The molecule has 2 rings (SSSR count). The molecule has 4 nitrogen and oxygen atoms in total. The smallest absolute Gasteiger partial charge is 0.224 e. The number of hydrogen-bond donors (Lipinski definition) is 2. The number of ether oxygens (including phenoxy) is 1. The van der Waals surface area contributed by atoms with E-state index in [1.165, 1.54) is 0 Å². The summed E-state index contributed by atoms with van der Waals surface area (Å²) in [5, 5.41) is 12.4. The summed E-state index contributed by atoms with van der Waals surface area (Å²) in [5.74, 6) is 0.771. The van der Waals surface area contributed by atoms with Crippen LogP contribution in [0.4, 0.5) is 0 Å². The molecule has 2 aromatic rings. The number of benzene rings is 2. The number of phenols is 1. The first-order valence-electron chi connectivity index (χ1n) is 6.36. The molecule has 0 saturated heterocycles. The van der Waals surface area contributed by atoms with Crippen molar-refractivity contribution in [2.75, 3.05) is 7.11 Å². The van der Waals surface area contributed by atoms with Crippen molar-refractivity contribution in [1.29, 1.82) is 0 Å². The van der Waals surface area contributed by atoms with Crippen LogP contribution in [0.5, 0.6) is 11.5 Å². The van der Waals surface area contributed by atoms with Gasteiger partial charge in [-0.1, -0.05) is 36.4 Å². The van der Waals surface area contributed by atoms with Gasteiger partial charge in [0.15, 0.2) is 0 Å². The molecule has 20 heavy (non-hydrogen) atoms. The quantitative estimate of drug-likeness (QED) is 0.877. The Morgan fingerprint density at radius 3 is 2.45 bits per heavy atom. The SMILES string of the molecule is COc1ccccc1CC(=O)NCc1ccccc1O. The third-order valence-corrected chi connectivity index (χ3v) is 3.01. The van der Waals surface area contributed by atoms with Gasteiger partial charge < -0.3 is 15.2 Å². The van der Waals surface area contributed by atoms with E-state index < -0.39 is 0 Å². The molecule has 0 radical (unpaired) electrons. The summed E-state index contributed by atoms with van der Waals surface area (Å²) >= 11 is 0. The number of rotatable bonds is 5. The predicted octanol–water partition coefficient (Wildman–Crippen LogP) is 2.26. The van der Waals surface area contributed by atoms with Crippen LogP contribution in [0, 0.1) is 0 Å². The van der Waals surface area contributed by atoms with Crippen LogP contribution < -0.4 is 10.1 Å². The number of nitrogens with one attached hydrogen (secondary N) is 1. The lowest BCUT2D eigenvalue weighted by Gasteiger charge is -2.09. The summed E-state index contributed by atoms with van der Waals surface area (Å²) in [6.07, 6.45) is 0.248. The molecule has 0 unspecified atom stereocenters. The average Bonchev–Trinajstić information content (AvgIpc) is 2.47. The van der Waals surface area contributed by atoms with E-state index in [4.69, 9.17) is 4.74 Å². The van der Waals surface area contributed by atoms with Crippen molar-refractivity contribution in [3.05, 3.63) is 59.7 Å². The zero-order chi connectivity index (χ0) is 14.4. The number of para-hydroxylation sites is 2. The number of carbonyl (C=O) groups is 1. The molecule has 0 aliphatic carbocycles. The van der Waals surface area contributed by atoms with Crippen molar-refractivity contribution in [3.8, 4) is 11.5 Å². The van der Waals surface area contributed by atoms with Gasteiger partial charge in [-0.15, -0.1) is 0 Å². The normalized spacial score (nSPS) is 10.1.